The zero-order valence-electron chi connectivity index (χ0n) is 18.1. The van der Waals surface area contributed by atoms with Gasteiger partial charge in [0.1, 0.15) is 29.4 Å². The zero-order chi connectivity index (χ0) is 22.2. The first-order chi connectivity index (χ1) is 15.3. The summed E-state index contributed by atoms with van der Waals surface area (Å²) in [5, 5.41) is 9.41. The number of alkyl halides is 1. The number of hydrogen-bond donors (Lipinski definition) is 1. The van der Waals surface area contributed by atoms with Crippen LogP contribution in [0.15, 0.2) is 12.1 Å². The Labute approximate surface area is 186 Å². The van der Waals surface area contributed by atoms with Crippen LogP contribution in [0.1, 0.15) is 79.6 Å². The first-order valence-electron chi connectivity index (χ1n) is 12.0. The molecule has 0 spiro atoms. The van der Waals surface area contributed by atoms with E-state index in [4.69, 9.17) is 4.74 Å². The Balaban J connectivity index is 1.29. The molecule has 1 amide bonds. The molecule has 1 aromatic rings. The van der Waals surface area contributed by atoms with Crippen LogP contribution in [0.2, 0.25) is 0 Å². The molecule has 1 saturated heterocycles. The van der Waals surface area contributed by atoms with Crippen LogP contribution in [0.4, 0.5) is 8.78 Å². The molecular formula is C25H29F2NO4. The van der Waals surface area contributed by atoms with E-state index >= 15 is 8.78 Å². The highest BCUT2D eigenvalue weighted by molar-refractivity contribution is 5.97. The maximum absolute atomic E-state index is 15.2. The number of nitrogens with zero attached hydrogens (tertiary/aromatic N) is 1. The van der Waals surface area contributed by atoms with Crippen LogP contribution >= 0.6 is 0 Å². The van der Waals surface area contributed by atoms with Crippen molar-refractivity contribution in [3.63, 3.8) is 0 Å². The standard InChI is InChI=1S/C25H29F2NO4/c26-19-9-21(32-22-15-6-13-7-16(22)12-25(27,10-13)11-15)17(14-3-4-14)8-18(19)23(29)28-5-1-2-20(28)24(30)31/h8-9,13-16,20,22H,1-7,10-12H2,(H,30,31)/t13?,15-,16-,20?,22?,25?/m0/s1. The number of benzene rings is 1. The molecule has 6 aliphatic rings. The molecule has 4 bridgehead atoms. The smallest absolute Gasteiger partial charge is 0.326 e. The summed E-state index contributed by atoms with van der Waals surface area (Å²) in [5.41, 5.74) is -0.280. The number of carbonyl (C=O) groups is 2. The fourth-order valence-corrected chi connectivity index (χ4v) is 7.19. The van der Waals surface area contributed by atoms with Gasteiger partial charge in [-0.15, -0.1) is 0 Å². The lowest BCUT2D eigenvalue weighted by Crippen LogP contribution is -2.56. The average Bonchev–Trinajstić information content (AvgIpc) is 3.43. The molecule has 1 heterocycles. The highest BCUT2D eigenvalue weighted by Crippen LogP contribution is 2.58. The number of carboxylic acid groups (broad SMARTS) is 1. The Morgan fingerprint density at radius 1 is 1.09 bits per heavy atom. The minimum absolute atomic E-state index is 0.0693. The highest BCUT2D eigenvalue weighted by atomic mass is 19.1. The summed E-state index contributed by atoms with van der Waals surface area (Å²) in [6.45, 7) is 0.323. The van der Waals surface area contributed by atoms with Crippen molar-refractivity contribution in [2.24, 2.45) is 17.8 Å². The van der Waals surface area contributed by atoms with Crippen molar-refractivity contribution in [2.75, 3.05) is 6.54 Å². The van der Waals surface area contributed by atoms with Crippen LogP contribution in [-0.2, 0) is 4.79 Å². The Morgan fingerprint density at radius 3 is 2.44 bits per heavy atom. The summed E-state index contributed by atoms with van der Waals surface area (Å²) in [5.74, 6) is -0.775. The predicted molar refractivity (Wildman–Crippen MR) is 112 cm³/mol. The molecule has 5 saturated carbocycles. The lowest BCUT2D eigenvalue weighted by Gasteiger charge is -2.56. The maximum atomic E-state index is 15.2. The summed E-state index contributed by atoms with van der Waals surface area (Å²) < 4.78 is 36.7. The van der Waals surface area contributed by atoms with Gasteiger partial charge in [0.05, 0.1) is 5.56 Å². The molecule has 7 rings (SSSR count). The number of ether oxygens (including phenoxy) is 1. The van der Waals surface area contributed by atoms with Crippen molar-refractivity contribution < 1.29 is 28.2 Å². The van der Waals surface area contributed by atoms with Crippen LogP contribution in [-0.4, -0.2) is 46.2 Å². The molecular weight excluding hydrogens is 416 g/mol. The van der Waals surface area contributed by atoms with Gasteiger partial charge in [0.25, 0.3) is 5.91 Å². The van der Waals surface area contributed by atoms with Crippen LogP contribution in [0.3, 0.4) is 0 Å². The van der Waals surface area contributed by atoms with Crippen molar-refractivity contribution in [1.29, 1.82) is 0 Å². The number of amides is 1. The summed E-state index contributed by atoms with van der Waals surface area (Å²) in [7, 11) is 0. The van der Waals surface area contributed by atoms with Gasteiger partial charge in [0, 0.05) is 12.6 Å². The minimum atomic E-state index is -1.05. The van der Waals surface area contributed by atoms with E-state index in [2.05, 4.69) is 0 Å². The van der Waals surface area contributed by atoms with Gasteiger partial charge in [-0.1, -0.05) is 0 Å². The Bertz CT molecular complexity index is 961. The molecule has 1 N–H and O–H groups in total. The average molecular weight is 446 g/mol. The zero-order valence-corrected chi connectivity index (χ0v) is 18.1. The predicted octanol–water partition coefficient (Wildman–Crippen LogP) is 4.69. The molecule has 5 aliphatic carbocycles. The van der Waals surface area contributed by atoms with Crippen LogP contribution in [0.25, 0.3) is 0 Å². The number of aliphatic carboxylic acids is 1. The lowest BCUT2D eigenvalue weighted by molar-refractivity contribution is -0.141. The first-order valence-corrected chi connectivity index (χ1v) is 12.0. The molecule has 1 aromatic carbocycles. The summed E-state index contributed by atoms with van der Waals surface area (Å²) >= 11 is 0. The van der Waals surface area contributed by atoms with Gasteiger partial charge in [0.2, 0.25) is 0 Å². The fourth-order valence-electron chi connectivity index (χ4n) is 7.19. The summed E-state index contributed by atoms with van der Waals surface area (Å²) in [6, 6.07) is 2.01. The third-order valence-corrected chi connectivity index (χ3v) is 8.52. The maximum Gasteiger partial charge on any atom is 0.326 e. The van der Waals surface area contributed by atoms with E-state index in [1.807, 2.05) is 0 Å². The number of carboxylic acids is 1. The second-order valence-corrected chi connectivity index (χ2v) is 10.8. The highest BCUT2D eigenvalue weighted by Gasteiger charge is 2.57. The molecule has 32 heavy (non-hydrogen) atoms. The molecule has 172 valence electrons. The van der Waals surface area contributed by atoms with E-state index in [-0.39, 0.29) is 29.4 Å². The van der Waals surface area contributed by atoms with Gasteiger partial charge in [-0.25, -0.2) is 13.6 Å². The van der Waals surface area contributed by atoms with Crippen LogP contribution in [0, 0.1) is 23.6 Å². The molecule has 7 heteroatoms. The summed E-state index contributed by atoms with van der Waals surface area (Å²) in [4.78, 5) is 25.8. The van der Waals surface area contributed by atoms with Gasteiger partial charge in [0.15, 0.2) is 0 Å². The van der Waals surface area contributed by atoms with E-state index in [1.54, 1.807) is 6.07 Å². The molecule has 3 atom stereocenters. The van der Waals surface area contributed by atoms with Crippen molar-refractivity contribution >= 4 is 11.9 Å². The quantitative estimate of drug-likeness (QED) is 0.714. The van der Waals surface area contributed by atoms with E-state index in [9.17, 15) is 14.7 Å². The minimum Gasteiger partial charge on any atom is -0.489 e. The fraction of sp³-hybridized carbons (Fsp3) is 0.680. The number of rotatable bonds is 5. The topological polar surface area (TPSA) is 66.8 Å². The van der Waals surface area contributed by atoms with Gasteiger partial charge >= 0.3 is 5.97 Å². The number of hydrogen-bond acceptors (Lipinski definition) is 3. The number of likely N-dealkylation sites (tertiary alicyclic amines) is 1. The molecule has 5 nitrogen and oxygen atoms in total. The second kappa shape index (κ2) is 7.16. The first kappa shape index (κ1) is 20.4. The van der Waals surface area contributed by atoms with Crippen molar-refractivity contribution in [1.82, 2.24) is 4.90 Å². The van der Waals surface area contributed by atoms with Crippen molar-refractivity contribution in [3.8, 4) is 5.75 Å². The third-order valence-electron chi connectivity index (χ3n) is 8.52. The van der Waals surface area contributed by atoms with E-state index in [0.29, 0.717) is 50.3 Å². The Hall–Kier alpha value is -2.18. The Morgan fingerprint density at radius 2 is 1.81 bits per heavy atom. The van der Waals surface area contributed by atoms with E-state index in [0.717, 1.165) is 31.2 Å². The molecule has 1 unspecified atom stereocenters. The van der Waals surface area contributed by atoms with Crippen LogP contribution in [0.5, 0.6) is 5.75 Å². The molecule has 0 aromatic heterocycles. The Kier molecular flexibility index (Phi) is 4.57. The van der Waals surface area contributed by atoms with Gasteiger partial charge in [-0.05, 0) is 93.1 Å². The second-order valence-electron chi connectivity index (χ2n) is 10.8. The van der Waals surface area contributed by atoms with E-state index in [1.165, 1.54) is 11.0 Å². The monoisotopic (exact) mass is 445 g/mol. The molecule has 1 aliphatic heterocycles. The normalized spacial score (nSPS) is 37.7. The van der Waals surface area contributed by atoms with Crippen LogP contribution < -0.4 is 4.74 Å². The summed E-state index contributed by atoms with van der Waals surface area (Å²) in [6.07, 6.45) is 6.54. The van der Waals surface area contributed by atoms with Gasteiger partial charge in [-0.3, -0.25) is 4.79 Å². The van der Waals surface area contributed by atoms with Gasteiger partial charge < -0.3 is 14.7 Å². The van der Waals surface area contributed by atoms with Crippen molar-refractivity contribution in [2.45, 2.75) is 81.5 Å². The number of carbonyl (C=O) groups excluding carboxylic acids is 1. The molecule has 6 fully saturated rings. The molecule has 0 radical (unpaired) electrons. The lowest BCUT2D eigenvalue weighted by atomic mass is 9.53. The van der Waals surface area contributed by atoms with Crippen molar-refractivity contribution in [3.05, 3.63) is 29.1 Å². The van der Waals surface area contributed by atoms with Gasteiger partial charge in [-0.2, -0.15) is 0 Å². The largest absolute Gasteiger partial charge is 0.489 e. The van der Waals surface area contributed by atoms with E-state index < -0.39 is 29.4 Å². The third kappa shape index (κ3) is 3.30. The number of halogens is 2. The SMILES string of the molecule is O=C(O)C1CCCN1C(=O)c1cc(C2CC2)c(OC2[C@H]3CC4C[C@H]2CC(F)(C4)C3)cc1F.